The molecule has 0 unspecified atom stereocenters. The predicted molar refractivity (Wildman–Crippen MR) is 124 cm³/mol. The maximum absolute atomic E-state index is 13.2. The van der Waals surface area contributed by atoms with Gasteiger partial charge in [-0.1, -0.05) is 6.07 Å². The van der Waals surface area contributed by atoms with Crippen molar-refractivity contribution in [1.29, 1.82) is 5.41 Å². The van der Waals surface area contributed by atoms with Gasteiger partial charge in [0, 0.05) is 52.6 Å². The first-order chi connectivity index (χ1) is 16.1. The molecule has 1 amide bonds. The van der Waals surface area contributed by atoms with E-state index in [1.54, 1.807) is 30.0 Å². The molecule has 0 atom stereocenters. The third-order valence-electron chi connectivity index (χ3n) is 5.83. The van der Waals surface area contributed by atoms with Crippen LogP contribution in [0.15, 0.2) is 35.3 Å². The van der Waals surface area contributed by atoms with E-state index in [2.05, 4.69) is 15.2 Å². The number of nitrogens with one attached hydrogen (secondary N) is 2. The molecule has 0 radical (unpaired) electrons. The summed E-state index contributed by atoms with van der Waals surface area (Å²) < 4.78 is 13.6. The van der Waals surface area contributed by atoms with Crippen LogP contribution in [0, 0.1) is 5.41 Å². The quantitative estimate of drug-likeness (QED) is 0.362. The first-order valence-corrected chi connectivity index (χ1v) is 11.3. The van der Waals surface area contributed by atoms with Crippen molar-refractivity contribution < 1.29 is 14.3 Å². The fraction of sp³-hybridized carbons (Fsp3) is 0.478. The van der Waals surface area contributed by atoms with Crippen molar-refractivity contribution >= 4 is 22.6 Å². The van der Waals surface area contributed by atoms with Crippen molar-refractivity contribution in [2.45, 2.75) is 19.4 Å². The number of hydrogen-bond acceptors (Lipinski definition) is 7. The lowest BCUT2D eigenvalue weighted by molar-refractivity contribution is 0.0369. The van der Waals surface area contributed by atoms with E-state index in [9.17, 15) is 9.59 Å². The van der Waals surface area contributed by atoms with Crippen molar-refractivity contribution in [2.75, 3.05) is 53.1 Å². The zero-order chi connectivity index (χ0) is 23.2. The normalized spacial score (nSPS) is 14.7. The molecule has 0 bridgehead atoms. The minimum atomic E-state index is -0.377. The molecule has 0 aromatic carbocycles. The lowest BCUT2D eigenvalue weighted by atomic mass is 10.2. The number of ether oxygens (including phenoxy) is 2. The Balaban J connectivity index is 1.71. The largest absolute Gasteiger partial charge is 0.385 e. The van der Waals surface area contributed by atoms with Crippen LogP contribution >= 0.6 is 0 Å². The van der Waals surface area contributed by atoms with E-state index in [0.29, 0.717) is 42.8 Å². The molecule has 2 N–H and O–H groups in total. The molecule has 10 heteroatoms. The van der Waals surface area contributed by atoms with E-state index in [4.69, 9.17) is 14.9 Å². The first kappa shape index (κ1) is 23.1. The molecule has 3 aromatic rings. The van der Waals surface area contributed by atoms with Crippen molar-refractivity contribution in [3.05, 3.63) is 51.9 Å². The second-order valence-electron chi connectivity index (χ2n) is 8.05. The average molecular weight is 455 g/mol. The van der Waals surface area contributed by atoms with Crippen molar-refractivity contribution in [3.8, 4) is 0 Å². The van der Waals surface area contributed by atoms with Crippen molar-refractivity contribution in [2.24, 2.45) is 0 Å². The number of aromatic nitrogens is 3. The van der Waals surface area contributed by atoms with Gasteiger partial charge in [-0.25, -0.2) is 4.98 Å². The number of fused-ring (bicyclic) bond motifs is 2. The Bertz CT molecular complexity index is 1250. The molecule has 4 rings (SSSR count). The Labute approximate surface area is 191 Å². The van der Waals surface area contributed by atoms with Gasteiger partial charge in [-0.05, 0) is 31.0 Å². The number of pyridine rings is 2. The maximum Gasteiger partial charge on any atom is 0.267 e. The number of morpholine rings is 1. The SMILES string of the molecule is COCCCNC(=O)c1cc2c(=O)n3ccccc3nc2n(CCCN2CCOCC2)c1=N. The third-order valence-corrected chi connectivity index (χ3v) is 5.83. The lowest BCUT2D eigenvalue weighted by Crippen LogP contribution is -2.38. The summed E-state index contributed by atoms with van der Waals surface area (Å²) in [6.07, 6.45) is 3.09. The second-order valence-corrected chi connectivity index (χ2v) is 8.05. The molecule has 1 aliphatic rings. The molecule has 33 heavy (non-hydrogen) atoms. The van der Waals surface area contributed by atoms with Crippen LogP contribution in [0.5, 0.6) is 0 Å². The Morgan fingerprint density at radius 3 is 2.85 bits per heavy atom. The van der Waals surface area contributed by atoms with Crippen LogP contribution in [0.3, 0.4) is 0 Å². The molecule has 10 nitrogen and oxygen atoms in total. The fourth-order valence-electron chi connectivity index (χ4n) is 4.07. The number of carbonyl (C=O) groups excluding carboxylic acids is 1. The van der Waals surface area contributed by atoms with Crippen LogP contribution in [-0.4, -0.2) is 77.9 Å². The van der Waals surface area contributed by atoms with Crippen LogP contribution < -0.4 is 16.4 Å². The van der Waals surface area contributed by atoms with Gasteiger partial charge in [0.1, 0.15) is 16.8 Å². The van der Waals surface area contributed by atoms with E-state index in [1.165, 1.54) is 10.5 Å². The van der Waals surface area contributed by atoms with Crippen LogP contribution in [0.4, 0.5) is 0 Å². The molecular weight excluding hydrogens is 424 g/mol. The highest BCUT2D eigenvalue weighted by Crippen LogP contribution is 2.11. The fourth-order valence-corrected chi connectivity index (χ4v) is 4.07. The first-order valence-electron chi connectivity index (χ1n) is 11.3. The highest BCUT2D eigenvalue weighted by molar-refractivity contribution is 5.96. The van der Waals surface area contributed by atoms with Gasteiger partial charge in [0.2, 0.25) is 0 Å². The van der Waals surface area contributed by atoms with Gasteiger partial charge < -0.3 is 19.4 Å². The summed E-state index contributed by atoms with van der Waals surface area (Å²) in [4.78, 5) is 33.1. The summed E-state index contributed by atoms with van der Waals surface area (Å²) >= 11 is 0. The molecule has 0 saturated carbocycles. The van der Waals surface area contributed by atoms with E-state index in [-0.39, 0.29) is 22.5 Å². The average Bonchev–Trinajstić information content (AvgIpc) is 2.84. The Morgan fingerprint density at radius 2 is 2.06 bits per heavy atom. The standard InChI is InChI=1S/C23H30N6O4/c1-32-13-4-7-25-22(30)17-16-18-21(26-19-6-2-3-9-28(19)23(18)31)29(20(17)24)10-5-8-27-11-14-33-15-12-27/h2-3,6,9,16,24H,4-5,7-8,10-15H2,1H3,(H,25,30). The van der Waals surface area contributed by atoms with Crippen LogP contribution in [0.1, 0.15) is 23.2 Å². The summed E-state index contributed by atoms with van der Waals surface area (Å²) in [5, 5.41) is 11.9. The van der Waals surface area contributed by atoms with Crippen LogP contribution in [0.25, 0.3) is 16.7 Å². The van der Waals surface area contributed by atoms with Gasteiger partial charge in [-0.2, -0.15) is 0 Å². The van der Waals surface area contributed by atoms with Crippen LogP contribution in [-0.2, 0) is 16.0 Å². The maximum atomic E-state index is 13.2. The smallest absolute Gasteiger partial charge is 0.267 e. The topological polar surface area (TPSA) is 114 Å². The molecular formula is C23H30N6O4. The number of methoxy groups -OCH3 is 1. The van der Waals surface area contributed by atoms with E-state index >= 15 is 0 Å². The highest BCUT2D eigenvalue weighted by atomic mass is 16.5. The number of rotatable bonds is 9. The molecule has 3 aromatic heterocycles. The van der Waals surface area contributed by atoms with Gasteiger partial charge in [-0.15, -0.1) is 0 Å². The zero-order valence-electron chi connectivity index (χ0n) is 18.9. The number of aryl methyl sites for hydroxylation is 1. The van der Waals surface area contributed by atoms with Crippen LogP contribution in [0.2, 0.25) is 0 Å². The second kappa shape index (κ2) is 10.7. The van der Waals surface area contributed by atoms with Crippen molar-refractivity contribution in [1.82, 2.24) is 24.2 Å². The number of hydrogen-bond donors (Lipinski definition) is 2. The zero-order valence-corrected chi connectivity index (χ0v) is 18.9. The number of nitrogens with zero attached hydrogens (tertiary/aromatic N) is 4. The lowest BCUT2D eigenvalue weighted by Gasteiger charge is -2.26. The van der Waals surface area contributed by atoms with Gasteiger partial charge in [-0.3, -0.25) is 24.3 Å². The summed E-state index contributed by atoms with van der Waals surface area (Å²) in [7, 11) is 1.61. The number of carbonyl (C=O) groups is 1. The third kappa shape index (κ3) is 5.13. The Hall–Kier alpha value is -3.08. The highest BCUT2D eigenvalue weighted by Gasteiger charge is 2.18. The van der Waals surface area contributed by atoms with E-state index in [0.717, 1.165) is 39.3 Å². The molecule has 0 aliphatic carbocycles. The molecule has 0 spiro atoms. The summed E-state index contributed by atoms with van der Waals surface area (Å²) in [5.41, 5.74) is 0.898. The minimum absolute atomic E-state index is 0.0564. The van der Waals surface area contributed by atoms with E-state index in [1.807, 2.05) is 6.07 Å². The Kier molecular flexibility index (Phi) is 7.48. The monoisotopic (exact) mass is 454 g/mol. The predicted octanol–water partition coefficient (Wildman–Crippen LogP) is 0.617. The summed E-state index contributed by atoms with van der Waals surface area (Å²) in [6, 6.07) is 6.84. The minimum Gasteiger partial charge on any atom is -0.385 e. The summed E-state index contributed by atoms with van der Waals surface area (Å²) in [6.45, 7) is 5.50. The molecule has 1 fully saturated rings. The van der Waals surface area contributed by atoms with Gasteiger partial charge in [0.15, 0.2) is 0 Å². The van der Waals surface area contributed by atoms with Gasteiger partial charge in [0.05, 0.1) is 24.2 Å². The van der Waals surface area contributed by atoms with Gasteiger partial charge in [0.25, 0.3) is 11.5 Å². The molecule has 176 valence electrons. The number of amides is 1. The summed E-state index contributed by atoms with van der Waals surface area (Å²) in [5.74, 6) is -0.377. The van der Waals surface area contributed by atoms with Gasteiger partial charge >= 0.3 is 0 Å². The molecule has 1 aliphatic heterocycles. The molecule has 1 saturated heterocycles. The van der Waals surface area contributed by atoms with Crippen molar-refractivity contribution in [3.63, 3.8) is 0 Å². The Morgan fingerprint density at radius 1 is 1.24 bits per heavy atom. The molecule has 4 heterocycles. The van der Waals surface area contributed by atoms with E-state index < -0.39 is 0 Å².